The van der Waals surface area contributed by atoms with E-state index in [4.69, 9.17) is 11.6 Å². The van der Waals surface area contributed by atoms with Gasteiger partial charge in [0.2, 0.25) is 5.91 Å². The highest BCUT2D eigenvalue weighted by atomic mass is 35.5. The third kappa shape index (κ3) is 3.24. The molecule has 0 saturated heterocycles. The third-order valence-corrected chi connectivity index (χ3v) is 2.67. The highest BCUT2D eigenvalue weighted by Gasteiger charge is 2.08. The van der Waals surface area contributed by atoms with Gasteiger partial charge in [0.25, 0.3) is 0 Å². The van der Waals surface area contributed by atoms with Crippen molar-refractivity contribution >= 4 is 17.5 Å². The van der Waals surface area contributed by atoms with Crippen molar-refractivity contribution in [2.24, 2.45) is 0 Å². The first-order chi connectivity index (χ1) is 7.04. The van der Waals surface area contributed by atoms with Crippen molar-refractivity contribution in [2.45, 2.75) is 20.4 Å². The Morgan fingerprint density at radius 3 is 2.60 bits per heavy atom. The van der Waals surface area contributed by atoms with Crippen molar-refractivity contribution in [3.8, 4) is 0 Å². The molecule has 0 N–H and O–H groups in total. The number of amides is 1. The smallest absolute Gasteiger partial charge is 0.237 e. The zero-order chi connectivity index (χ0) is 11.4. The van der Waals surface area contributed by atoms with Gasteiger partial charge in [0.1, 0.15) is 5.88 Å². The van der Waals surface area contributed by atoms with Crippen LogP contribution in [0.2, 0.25) is 0 Å². The summed E-state index contributed by atoms with van der Waals surface area (Å²) in [6, 6.07) is 6.23. The van der Waals surface area contributed by atoms with Gasteiger partial charge in [-0.3, -0.25) is 4.79 Å². The fourth-order valence-electron chi connectivity index (χ4n) is 1.47. The topological polar surface area (TPSA) is 20.3 Å². The van der Waals surface area contributed by atoms with Gasteiger partial charge in [-0.05, 0) is 25.0 Å². The molecule has 0 heterocycles. The van der Waals surface area contributed by atoms with Crippen molar-refractivity contribution in [1.82, 2.24) is 4.90 Å². The molecule has 0 fully saturated rings. The average molecular weight is 226 g/mol. The highest BCUT2D eigenvalue weighted by molar-refractivity contribution is 6.27. The molecule has 0 radical (unpaired) electrons. The van der Waals surface area contributed by atoms with Gasteiger partial charge >= 0.3 is 0 Å². The van der Waals surface area contributed by atoms with Crippen LogP contribution in [-0.2, 0) is 11.3 Å². The monoisotopic (exact) mass is 225 g/mol. The summed E-state index contributed by atoms with van der Waals surface area (Å²) < 4.78 is 0. The lowest BCUT2D eigenvalue weighted by atomic mass is 10.1. The molecule has 1 amide bonds. The molecule has 1 aromatic rings. The summed E-state index contributed by atoms with van der Waals surface area (Å²) in [6.07, 6.45) is 0. The molecule has 0 aromatic heterocycles. The summed E-state index contributed by atoms with van der Waals surface area (Å²) in [4.78, 5) is 12.9. The van der Waals surface area contributed by atoms with Crippen LogP contribution in [0, 0.1) is 13.8 Å². The van der Waals surface area contributed by atoms with Gasteiger partial charge in [0.05, 0.1) is 0 Å². The predicted octanol–water partition coefficient (Wildman–Crippen LogP) is 2.50. The minimum absolute atomic E-state index is 0.0431. The number of hydrogen-bond acceptors (Lipinski definition) is 1. The maximum absolute atomic E-state index is 11.3. The molecule has 0 aliphatic rings. The number of alkyl halides is 1. The number of aryl methyl sites for hydroxylation is 2. The Morgan fingerprint density at radius 1 is 1.40 bits per heavy atom. The Morgan fingerprint density at radius 2 is 2.07 bits per heavy atom. The van der Waals surface area contributed by atoms with Gasteiger partial charge in [0.15, 0.2) is 0 Å². The van der Waals surface area contributed by atoms with Crippen molar-refractivity contribution in [3.63, 3.8) is 0 Å². The Bertz CT molecular complexity index is 363. The van der Waals surface area contributed by atoms with Gasteiger partial charge < -0.3 is 4.90 Å². The standard InChI is InChI=1S/C12H16ClNO/c1-9-4-5-11(10(2)6-9)8-14(3)12(15)7-13/h4-6H,7-8H2,1-3H3. The summed E-state index contributed by atoms with van der Waals surface area (Å²) in [6.45, 7) is 4.74. The quantitative estimate of drug-likeness (QED) is 0.724. The van der Waals surface area contributed by atoms with Crippen molar-refractivity contribution < 1.29 is 4.79 Å². The zero-order valence-electron chi connectivity index (χ0n) is 9.38. The van der Waals surface area contributed by atoms with Gasteiger partial charge in [-0.15, -0.1) is 11.6 Å². The molecule has 0 aliphatic carbocycles. The SMILES string of the molecule is Cc1ccc(CN(C)C(=O)CCl)c(C)c1. The number of nitrogens with zero attached hydrogens (tertiary/aromatic N) is 1. The van der Waals surface area contributed by atoms with Crippen LogP contribution >= 0.6 is 11.6 Å². The molecular formula is C12H16ClNO. The molecule has 0 saturated carbocycles. The minimum atomic E-state index is -0.0448. The average Bonchev–Trinajstić information content (AvgIpc) is 2.20. The summed E-state index contributed by atoms with van der Waals surface area (Å²) in [5.74, 6) is -0.00171. The van der Waals surface area contributed by atoms with E-state index in [2.05, 4.69) is 32.0 Å². The van der Waals surface area contributed by atoms with Crippen LogP contribution in [-0.4, -0.2) is 23.7 Å². The van der Waals surface area contributed by atoms with E-state index in [0.717, 1.165) is 0 Å². The minimum Gasteiger partial charge on any atom is -0.340 e. The molecule has 3 heteroatoms. The number of benzene rings is 1. The number of carbonyl (C=O) groups is 1. The zero-order valence-corrected chi connectivity index (χ0v) is 10.1. The number of halogens is 1. The van der Waals surface area contributed by atoms with E-state index >= 15 is 0 Å². The summed E-state index contributed by atoms with van der Waals surface area (Å²) in [7, 11) is 1.77. The lowest BCUT2D eigenvalue weighted by Gasteiger charge is -2.17. The molecule has 1 aromatic carbocycles. The van der Waals surface area contributed by atoms with Gasteiger partial charge in [-0.1, -0.05) is 23.8 Å². The van der Waals surface area contributed by atoms with E-state index in [-0.39, 0.29) is 11.8 Å². The number of carbonyl (C=O) groups excluding carboxylic acids is 1. The first-order valence-electron chi connectivity index (χ1n) is 4.90. The molecular weight excluding hydrogens is 210 g/mol. The van der Waals surface area contributed by atoms with Crippen molar-refractivity contribution in [3.05, 3.63) is 34.9 Å². The molecule has 15 heavy (non-hydrogen) atoms. The second kappa shape index (κ2) is 5.17. The van der Waals surface area contributed by atoms with E-state index in [1.807, 2.05) is 0 Å². The first-order valence-corrected chi connectivity index (χ1v) is 5.44. The Labute approximate surface area is 95.8 Å². The van der Waals surface area contributed by atoms with Crippen LogP contribution in [0.25, 0.3) is 0 Å². The molecule has 2 nitrogen and oxygen atoms in total. The Kier molecular flexibility index (Phi) is 4.15. The van der Waals surface area contributed by atoms with Crippen LogP contribution < -0.4 is 0 Å². The normalized spacial score (nSPS) is 10.1. The lowest BCUT2D eigenvalue weighted by molar-refractivity contribution is -0.127. The van der Waals surface area contributed by atoms with Crippen LogP contribution in [0.5, 0.6) is 0 Å². The number of rotatable bonds is 3. The summed E-state index contributed by atoms with van der Waals surface area (Å²) >= 11 is 5.49. The summed E-state index contributed by atoms with van der Waals surface area (Å²) in [5.41, 5.74) is 3.62. The van der Waals surface area contributed by atoms with E-state index in [0.29, 0.717) is 6.54 Å². The Hall–Kier alpha value is -1.02. The van der Waals surface area contributed by atoms with Gasteiger partial charge in [-0.25, -0.2) is 0 Å². The number of hydrogen-bond donors (Lipinski definition) is 0. The fraction of sp³-hybridized carbons (Fsp3) is 0.417. The second-order valence-electron chi connectivity index (χ2n) is 3.81. The van der Waals surface area contributed by atoms with Gasteiger partial charge in [0, 0.05) is 13.6 Å². The maximum atomic E-state index is 11.3. The molecule has 0 bridgehead atoms. The molecule has 0 atom stereocenters. The molecule has 0 unspecified atom stereocenters. The highest BCUT2D eigenvalue weighted by Crippen LogP contribution is 2.12. The van der Waals surface area contributed by atoms with E-state index in [9.17, 15) is 4.79 Å². The molecule has 0 aliphatic heterocycles. The van der Waals surface area contributed by atoms with Gasteiger partial charge in [-0.2, -0.15) is 0 Å². The third-order valence-electron chi connectivity index (χ3n) is 2.45. The largest absolute Gasteiger partial charge is 0.340 e. The van der Waals surface area contributed by atoms with Crippen LogP contribution in [0.1, 0.15) is 16.7 Å². The van der Waals surface area contributed by atoms with E-state index in [1.165, 1.54) is 16.7 Å². The molecule has 82 valence electrons. The molecule has 0 spiro atoms. The van der Waals surface area contributed by atoms with E-state index < -0.39 is 0 Å². The maximum Gasteiger partial charge on any atom is 0.237 e. The predicted molar refractivity (Wildman–Crippen MR) is 63.1 cm³/mol. The Balaban J connectivity index is 2.76. The first kappa shape index (κ1) is 12.1. The van der Waals surface area contributed by atoms with Crippen molar-refractivity contribution in [2.75, 3.05) is 12.9 Å². The van der Waals surface area contributed by atoms with Crippen molar-refractivity contribution in [1.29, 1.82) is 0 Å². The summed E-state index contributed by atoms with van der Waals surface area (Å²) in [5, 5.41) is 0. The fourth-order valence-corrected chi connectivity index (χ4v) is 1.67. The lowest BCUT2D eigenvalue weighted by Crippen LogP contribution is -2.27. The van der Waals surface area contributed by atoms with Crippen LogP contribution in [0.3, 0.4) is 0 Å². The van der Waals surface area contributed by atoms with Crippen LogP contribution in [0.4, 0.5) is 0 Å². The molecule has 1 rings (SSSR count). The van der Waals surface area contributed by atoms with E-state index in [1.54, 1.807) is 11.9 Å². The second-order valence-corrected chi connectivity index (χ2v) is 4.08. The van der Waals surface area contributed by atoms with Crippen LogP contribution in [0.15, 0.2) is 18.2 Å².